The summed E-state index contributed by atoms with van der Waals surface area (Å²) in [6.07, 6.45) is -7.57. The number of halogens is 13. The molecular weight excluding hydrogens is 537 g/mol. The molecule has 1 amide bonds. The fraction of sp³-hybridized carbons (Fsp3) is 0.444. The van der Waals surface area contributed by atoms with Crippen LogP contribution >= 0.6 is 0 Å². The molecule has 1 aromatic heterocycles. The first-order valence-electron chi connectivity index (χ1n) is 9.09. The molecule has 2 aromatic rings. The molecule has 18 heteroatoms. The van der Waals surface area contributed by atoms with Gasteiger partial charge in [0.1, 0.15) is 5.69 Å². The minimum absolute atomic E-state index is 0.0197. The highest BCUT2D eigenvalue weighted by atomic mass is 19.4. The van der Waals surface area contributed by atoms with Gasteiger partial charge in [-0.25, -0.2) is 4.68 Å². The number of carbonyl (C=O) groups is 1. The molecule has 0 atom stereocenters. The molecule has 0 bridgehead atoms. The summed E-state index contributed by atoms with van der Waals surface area (Å²) in [5.74, 6) is -42.6. The van der Waals surface area contributed by atoms with Crippen LogP contribution in [0.2, 0.25) is 0 Å². The van der Waals surface area contributed by atoms with Crippen LogP contribution in [-0.2, 0) is 11.8 Å². The van der Waals surface area contributed by atoms with Gasteiger partial charge in [-0.1, -0.05) is 18.2 Å². The molecule has 0 aliphatic heterocycles. The van der Waals surface area contributed by atoms with Crippen LogP contribution in [0.15, 0.2) is 35.1 Å². The smallest absolute Gasteiger partial charge is 0.314 e. The molecule has 0 saturated heterocycles. The molecule has 0 fully saturated rings. The van der Waals surface area contributed by atoms with E-state index in [9.17, 15) is 66.7 Å². The van der Waals surface area contributed by atoms with Crippen molar-refractivity contribution in [2.24, 2.45) is 7.05 Å². The maximum Gasteiger partial charge on any atom is 0.460 e. The quantitative estimate of drug-likeness (QED) is 0.486. The van der Waals surface area contributed by atoms with Gasteiger partial charge in [-0.3, -0.25) is 14.3 Å². The third-order valence-electron chi connectivity index (χ3n) is 5.01. The summed E-state index contributed by atoms with van der Waals surface area (Å²) >= 11 is 0. The summed E-state index contributed by atoms with van der Waals surface area (Å²) in [6, 6.07) is 6.80. The van der Waals surface area contributed by atoms with Gasteiger partial charge in [-0.2, -0.15) is 57.1 Å². The molecule has 1 N–H and O–H groups in total. The number of para-hydroxylation sites is 1. The van der Waals surface area contributed by atoms with Crippen LogP contribution in [-0.4, -0.2) is 51.1 Å². The standard InChI is InChI=1S/C18H12F13N3O2/c1-8-10(11(35)34(33(8)2)9-6-4-3-5-7-9)32-12(36)13(19,20)14(21,22)15(23,24)16(25,26)17(27,28)18(29,30)31/h3-7H,1-2H3,(H,32,36). The third-order valence-corrected chi connectivity index (χ3v) is 5.01. The molecule has 0 saturated carbocycles. The Morgan fingerprint density at radius 1 is 0.750 bits per heavy atom. The van der Waals surface area contributed by atoms with Crippen LogP contribution in [0, 0.1) is 6.92 Å². The highest BCUT2D eigenvalue weighted by Crippen LogP contribution is 2.60. The van der Waals surface area contributed by atoms with Gasteiger partial charge in [-0.05, 0) is 19.1 Å². The van der Waals surface area contributed by atoms with E-state index in [2.05, 4.69) is 0 Å². The van der Waals surface area contributed by atoms with Crippen molar-refractivity contribution in [1.29, 1.82) is 0 Å². The normalized spacial score (nSPS) is 14.2. The number of nitrogens with zero attached hydrogens (tertiary/aromatic N) is 2. The molecule has 5 nitrogen and oxygen atoms in total. The number of hydrogen-bond acceptors (Lipinski definition) is 2. The molecule has 0 radical (unpaired) electrons. The lowest BCUT2D eigenvalue weighted by atomic mass is 9.93. The lowest BCUT2D eigenvalue weighted by Crippen LogP contribution is -2.71. The number of alkyl halides is 13. The van der Waals surface area contributed by atoms with Crippen LogP contribution in [0.1, 0.15) is 5.69 Å². The second-order valence-electron chi connectivity index (χ2n) is 7.26. The Morgan fingerprint density at radius 2 is 1.19 bits per heavy atom. The van der Waals surface area contributed by atoms with Gasteiger partial charge in [0.2, 0.25) is 0 Å². The zero-order valence-electron chi connectivity index (χ0n) is 17.5. The van der Waals surface area contributed by atoms with Crippen molar-refractivity contribution in [3.63, 3.8) is 0 Å². The van der Waals surface area contributed by atoms with Gasteiger partial charge in [0.05, 0.1) is 11.4 Å². The molecule has 0 aliphatic rings. The van der Waals surface area contributed by atoms with Crippen molar-refractivity contribution in [2.45, 2.75) is 42.7 Å². The van der Waals surface area contributed by atoms with E-state index in [4.69, 9.17) is 0 Å². The van der Waals surface area contributed by atoms with Crippen molar-refractivity contribution < 1.29 is 61.9 Å². The fourth-order valence-electron chi connectivity index (χ4n) is 2.82. The Bertz CT molecular complexity index is 1200. The molecule has 1 heterocycles. The number of hydrogen-bond donors (Lipinski definition) is 1. The number of amides is 1. The fourth-order valence-corrected chi connectivity index (χ4v) is 2.82. The first-order valence-corrected chi connectivity index (χ1v) is 9.09. The first kappa shape index (κ1) is 29.0. The van der Waals surface area contributed by atoms with E-state index in [1.54, 1.807) is 0 Å². The van der Waals surface area contributed by atoms with Gasteiger partial charge in [-0.15, -0.1) is 0 Å². The predicted octanol–water partition coefficient (Wildman–Crippen LogP) is 5.16. The maximum absolute atomic E-state index is 14.1. The Morgan fingerprint density at radius 3 is 1.64 bits per heavy atom. The second-order valence-corrected chi connectivity index (χ2v) is 7.26. The van der Waals surface area contributed by atoms with E-state index in [-0.39, 0.29) is 5.69 Å². The molecule has 0 spiro atoms. The second kappa shape index (κ2) is 8.43. The van der Waals surface area contributed by atoms with Crippen molar-refractivity contribution in [2.75, 3.05) is 5.32 Å². The summed E-state index contributed by atoms with van der Waals surface area (Å²) in [7, 11) is 1.10. The van der Waals surface area contributed by atoms with Gasteiger partial charge in [0.25, 0.3) is 5.56 Å². The summed E-state index contributed by atoms with van der Waals surface area (Å²) < 4.78 is 174. The number of anilines is 1. The van der Waals surface area contributed by atoms with E-state index in [0.29, 0.717) is 4.68 Å². The Hall–Kier alpha value is -3.21. The number of nitrogens with one attached hydrogen (secondary N) is 1. The largest absolute Gasteiger partial charge is 0.460 e. The highest BCUT2D eigenvalue weighted by molar-refractivity contribution is 5.97. The van der Waals surface area contributed by atoms with Gasteiger partial charge in [0, 0.05) is 7.05 Å². The minimum Gasteiger partial charge on any atom is -0.314 e. The Kier molecular flexibility index (Phi) is 6.80. The maximum atomic E-state index is 14.1. The summed E-state index contributed by atoms with van der Waals surface area (Å²) in [5, 5.41) is 0.837. The molecule has 202 valence electrons. The van der Waals surface area contributed by atoms with Crippen LogP contribution in [0.4, 0.5) is 62.8 Å². The van der Waals surface area contributed by atoms with E-state index in [1.165, 1.54) is 30.3 Å². The average molecular weight is 549 g/mol. The van der Waals surface area contributed by atoms with Crippen molar-refractivity contribution in [3.05, 3.63) is 46.4 Å². The number of aromatic nitrogens is 2. The van der Waals surface area contributed by atoms with E-state index in [1.807, 2.05) is 0 Å². The number of rotatable bonds is 7. The molecule has 1 aromatic carbocycles. The molecule has 0 aliphatic carbocycles. The highest BCUT2D eigenvalue weighted by Gasteiger charge is 2.91. The first-order chi connectivity index (χ1) is 16.0. The lowest BCUT2D eigenvalue weighted by molar-refractivity contribution is -0.435. The van der Waals surface area contributed by atoms with Gasteiger partial charge in [0.15, 0.2) is 0 Å². The zero-order valence-corrected chi connectivity index (χ0v) is 17.5. The van der Waals surface area contributed by atoms with E-state index in [0.717, 1.165) is 24.0 Å². The topological polar surface area (TPSA) is 56.0 Å². The number of benzene rings is 1. The molecular formula is C18H12F13N3O2. The molecule has 36 heavy (non-hydrogen) atoms. The van der Waals surface area contributed by atoms with Crippen molar-refractivity contribution in [3.8, 4) is 5.69 Å². The van der Waals surface area contributed by atoms with Gasteiger partial charge < -0.3 is 5.32 Å². The van der Waals surface area contributed by atoms with E-state index < -0.39 is 58.6 Å². The Balaban J connectivity index is 2.54. The average Bonchev–Trinajstić information content (AvgIpc) is 2.95. The minimum atomic E-state index is -8.14. The third kappa shape index (κ3) is 3.89. The van der Waals surface area contributed by atoms with Crippen molar-refractivity contribution in [1.82, 2.24) is 9.36 Å². The predicted molar refractivity (Wildman–Crippen MR) is 95.2 cm³/mol. The molecule has 0 unspecified atom stereocenters. The summed E-state index contributed by atoms with van der Waals surface area (Å²) in [5.41, 5.74) is -3.09. The monoisotopic (exact) mass is 549 g/mol. The number of carbonyl (C=O) groups excluding carboxylic acids is 1. The SMILES string of the molecule is Cc1c(NC(=O)C(F)(F)C(F)(F)C(F)(F)C(F)(F)C(F)(F)C(F)(F)F)c(=O)n(-c2ccccc2)n1C. The van der Waals surface area contributed by atoms with Crippen LogP contribution in [0.5, 0.6) is 0 Å². The van der Waals surface area contributed by atoms with Crippen LogP contribution in [0.25, 0.3) is 5.69 Å². The zero-order chi connectivity index (χ0) is 28.3. The van der Waals surface area contributed by atoms with Crippen LogP contribution < -0.4 is 10.9 Å². The molecule has 2 rings (SSSR count). The van der Waals surface area contributed by atoms with Gasteiger partial charge >= 0.3 is 41.7 Å². The summed E-state index contributed by atoms with van der Waals surface area (Å²) in [6.45, 7) is 0.944. The van der Waals surface area contributed by atoms with Crippen molar-refractivity contribution >= 4 is 11.6 Å². The summed E-state index contributed by atoms with van der Waals surface area (Å²) in [4.78, 5) is 24.3. The van der Waals surface area contributed by atoms with Crippen LogP contribution in [0.3, 0.4) is 0 Å². The Labute approximate surface area is 191 Å². The van der Waals surface area contributed by atoms with E-state index >= 15 is 0 Å². The lowest BCUT2D eigenvalue weighted by Gasteiger charge is -2.39.